The first-order chi connectivity index (χ1) is 20.7. The van der Waals surface area contributed by atoms with Gasteiger partial charge >= 0.3 is 33.8 Å². The first-order valence-corrected chi connectivity index (χ1v) is 17.3. The Morgan fingerprint density at radius 3 is 1.98 bits per heavy atom. The van der Waals surface area contributed by atoms with E-state index in [-0.39, 0.29) is 81.9 Å². The Kier molecular flexibility index (Phi) is 18.0. The van der Waals surface area contributed by atoms with Gasteiger partial charge in [0.15, 0.2) is 0 Å². The third kappa shape index (κ3) is 16.0. The topological polar surface area (TPSA) is 201 Å². The van der Waals surface area contributed by atoms with Crippen molar-refractivity contribution in [3.05, 3.63) is 0 Å². The fraction of sp³-hybridized carbons (Fsp3) is 0.727. The summed E-state index contributed by atoms with van der Waals surface area (Å²) in [7, 11) is 0.0724. The predicted octanol–water partition coefficient (Wildman–Crippen LogP) is 3.55. The van der Waals surface area contributed by atoms with Crippen molar-refractivity contribution in [1.29, 1.82) is 0 Å². The highest BCUT2D eigenvalue weighted by molar-refractivity contribution is 7.88. The van der Waals surface area contributed by atoms with Crippen LogP contribution in [0.15, 0.2) is 9.03 Å². The third-order valence-corrected chi connectivity index (χ3v) is 8.69. The molecule has 2 N–H and O–H groups in total. The highest BCUT2D eigenvalue weighted by Gasteiger charge is 2.49. The van der Waals surface area contributed by atoms with Gasteiger partial charge in [0.2, 0.25) is 0 Å². The molecule has 0 radical (unpaired) electrons. The quantitative estimate of drug-likeness (QED) is 0.0916. The molecule has 0 heterocycles. The summed E-state index contributed by atoms with van der Waals surface area (Å²) in [5.74, 6) is 7.38. The highest BCUT2D eigenvalue weighted by atomic mass is 32.2. The van der Waals surface area contributed by atoms with Gasteiger partial charge < -0.3 is 28.6 Å². The SMILES string of the molecule is O=C(NS(=O)(=O)NCCOCCOC(=O)N(CCOC(=O)/P=N/P)CCOC(=O)/P=N/P)OC[C@@H]1[C@@H]2CCC#CCC[C@@H]21. The second kappa shape index (κ2) is 20.8. The lowest BCUT2D eigenvalue weighted by Crippen LogP contribution is -2.42. The van der Waals surface area contributed by atoms with Crippen LogP contribution >= 0.6 is 35.5 Å². The van der Waals surface area contributed by atoms with Crippen LogP contribution in [0.4, 0.5) is 19.2 Å². The van der Waals surface area contributed by atoms with Crippen molar-refractivity contribution >= 4 is 69.3 Å². The molecule has 240 valence electrons. The molecular weight excluding hydrogens is 666 g/mol. The number of rotatable bonds is 18. The number of amides is 2. The van der Waals surface area contributed by atoms with E-state index >= 15 is 0 Å². The van der Waals surface area contributed by atoms with Crippen molar-refractivity contribution in [1.82, 2.24) is 14.3 Å². The lowest BCUT2D eigenvalue weighted by atomic mass is 10.1. The number of ether oxygens (including phenoxy) is 5. The second-order valence-electron chi connectivity index (χ2n) is 8.89. The predicted molar refractivity (Wildman–Crippen MR) is 163 cm³/mol. The van der Waals surface area contributed by atoms with Gasteiger partial charge in [-0.05, 0) is 49.4 Å². The monoisotopic (exact) mass is 701 g/mol. The maximum Gasteiger partial charge on any atom is 0.421 e. The average molecular weight is 702 g/mol. The number of carbonyl (C=O) groups excluding carboxylic acids is 4. The minimum atomic E-state index is -4.15. The number of hydrogen-bond acceptors (Lipinski definition) is 13. The lowest BCUT2D eigenvalue weighted by molar-refractivity contribution is 0.0489. The molecule has 2 aliphatic rings. The van der Waals surface area contributed by atoms with Crippen LogP contribution in [0.25, 0.3) is 0 Å². The fourth-order valence-electron chi connectivity index (χ4n) is 4.19. The minimum Gasteiger partial charge on any atom is -0.456 e. The van der Waals surface area contributed by atoms with Gasteiger partial charge in [-0.1, -0.05) is 0 Å². The largest absolute Gasteiger partial charge is 0.456 e. The van der Waals surface area contributed by atoms with Crippen LogP contribution in [0.1, 0.15) is 25.7 Å². The molecule has 0 aromatic heterocycles. The van der Waals surface area contributed by atoms with E-state index in [1.165, 1.54) is 4.90 Å². The van der Waals surface area contributed by atoms with Crippen molar-refractivity contribution in [3.8, 4) is 11.8 Å². The molecule has 0 saturated heterocycles. The van der Waals surface area contributed by atoms with Crippen LogP contribution in [0.5, 0.6) is 0 Å². The summed E-state index contributed by atoms with van der Waals surface area (Å²) < 4.78 is 60.6. The van der Waals surface area contributed by atoms with Gasteiger partial charge in [0, 0.05) is 19.4 Å². The van der Waals surface area contributed by atoms with Crippen LogP contribution < -0.4 is 9.44 Å². The van der Waals surface area contributed by atoms with Gasteiger partial charge in [-0.3, -0.25) is 0 Å². The van der Waals surface area contributed by atoms with Gasteiger partial charge in [0.25, 0.3) is 0 Å². The van der Waals surface area contributed by atoms with Crippen LogP contribution in [0.2, 0.25) is 0 Å². The molecule has 2 amide bonds. The Balaban J connectivity index is 1.60. The maximum atomic E-state index is 12.4. The van der Waals surface area contributed by atoms with Crippen molar-refractivity contribution in [2.75, 3.05) is 59.3 Å². The lowest BCUT2D eigenvalue weighted by Gasteiger charge is -2.21. The summed E-state index contributed by atoms with van der Waals surface area (Å²) in [5.41, 5.74) is -1.21. The molecule has 0 aromatic rings. The second-order valence-corrected chi connectivity index (χ2v) is 13.4. The molecule has 1 fully saturated rings. The van der Waals surface area contributed by atoms with Crippen LogP contribution in [0.3, 0.4) is 0 Å². The van der Waals surface area contributed by atoms with Crippen molar-refractivity contribution < 1.29 is 51.3 Å². The number of carbonyl (C=O) groups is 4. The molecule has 43 heavy (non-hydrogen) atoms. The Hall–Kier alpha value is -2.03. The van der Waals surface area contributed by atoms with E-state index in [0.717, 1.165) is 25.7 Å². The summed E-state index contributed by atoms with van der Waals surface area (Å²) in [4.78, 5) is 48.5. The number of nitrogens with zero attached hydrogens (tertiary/aromatic N) is 3. The standard InChI is InChI=1S/C22H35N5O11P4S/c28-19(38-15-18-16-5-3-1-2-4-6-17(16)18)24-43(32,33)23-7-10-34-13-14-35-20(29)27(8-11-36-21(30)41-25-39)9-12-37-22(31)42-26-40/h16-18,23H,3-15,39-40H2,(H,24,28)/t16-,17+,18-. The van der Waals surface area contributed by atoms with Crippen LogP contribution in [-0.2, 0) is 33.9 Å². The maximum absolute atomic E-state index is 12.4. The highest BCUT2D eigenvalue weighted by Crippen LogP contribution is 2.52. The molecule has 5 atom stereocenters. The first-order valence-electron chi connectivity index (χ1n) is 13.1. The minimum absolute atomic E-state index is 0.0327. The zero-order valence-corrected chi connectivity index (χ0v) is 28.1. The van der Waals surface area contributed by atoms with E-state index in [1.54, 1.807) is 4.72 Å². The third-order valence-electron chi connectivity index (χ3n) is 6.17. The number of nitrogens with one attached hydrogen (secondary N) is 2. The average Bonchev–Trinajstić information content (AvgIpc) is 3.59. The molecule has 0 aromatic carbocycles. The van der Waals surface area contributed by atoms with Gasteiger partial charge in [0.1, 0.15) is 36.6 Å². The van der Waals surface area contributed by atoms with Crippen molar-refractivity contribution in [2.45, 2.75) is 25.7 Å². The normalized spacial score (nSPS) is 19.3. The molecule has 2 unspecified atom stereocenters. The molecule has 2 aliphatic carbocycles. The Labute approximate surface area is 258 Å². The number of hydrogen-bond donors (Lipinski definition) is 2. The summed E-state index contributed by atoms with van der Waals surface area (Å²) in [5, 5.41) is 0. The molecule has 0 aliphatic heterocycles. The van der Waals surface area contributed by atoms with Gasteiger partial charge in [0.05, 0.1) is 32.9 Å². The van der Waals surface area contributed by atoms with Crippen LogP contribution in [0, 0.1) is 29.6 Å². The zero-order chi connectivity index (χ0) is 31.5. The smallest absolute Gasteiger partial charge is 0.421 e. The molecule has 0 spiro atoms. The summed E-state index contributed by atoms with van der Waals surface area (Å²) in [6.07, 6.45) is 1.75. The van der Waals surface area contributed by atoms with Crippen molar-refractivity contribution in [2.24, 2.45) is 26.8 Å². The first kappa shape index (κ1) is 37.2. The summed E-state index contributed by atoms with van der Waals surface area (Å²) in [6, 6.07) is 0. The zero-order valence-electron chi connectivity index (χ0n) is 23.2. The molecule has 21 heteroatoms. The number of fused-ring (bicyclic) bond motifs is 1. The Bertz CT molecular complexity index is 1130. The fourth-order valence-corrected chi connectivity index (χ4v) is 5.95. The molecule has 16 nitrogen and oxygen atoms in total. The summed E-state index contributed by atoms with van der Waals surface area (Å²) >= 11 is 0. The van der Waals surface area contributed by atoms with E-state index in [1.807, 2.05) is 18.8 Å². The molecule has 1 saturated carbocycles. The van der Waals surface area contributed by atoms with E-state index in [2.05, 4.69) is 25.6 Å². The Morgan fingerprint density at radius 2 is 1.42 bits per heavy atom. The Morgan fingerprint density at radius 1 is 0.837 bits per heavy atom. The van der Waals surface area contributed by atoms with E-state index in [0.29, 0.717) is 11.8 Å². The van der Waals surface area contributed by atoms with Gasteiger partial charge in [-0.2, -0.15) is 13.1 Å². The van der Waals surface area contributed by atoms with Crippen LogP contribution in [-0.4, -0.2) is 96.2 Å². The molecule has 0 bridgehead atoms. The van der Waals surface area contributed by atoms with E-state index in [4.69, 9.17) is 23.7 Å². The van der Waals surface area contributed by atoms with Crippen molar-refractivity contribution in [3.63, 3.8) is 0 Å². The molecular formula is C22H35N5O11P4S. The van der Waals surface area contributed by atoms with Gasteiger partial charge in [-0.25, -0.2) is 32.9 Å². The van der Waals surface area contributed by atoms with Gasteiger partial charge in [-0.15, -0.1) is 11.8 Å². The van der Waals surface area contributed by atoms with E-state index in [9.17, 15) is 27.6 Å². The molecule has 2 rings (SSSR count). The van der Waals surface area contributed by atoms with E-state index < -0.39 is 33.8 Å². The summed E-state index contributed by atoms with van der Waals surface area (Å²) in [6.45, 7) is -0.632.